The van der Waals surface area contributed by atoms with Gasteiger partial charge in [0.2, 0.25) is 0 Å². The van der Waals surface area contributed by atoms with Crippen LogP contribution in [0.25, 0.3) is 0 Å². The first-order chi connectivity index (χ1) is 14.6. The molecule has 4 nitrogen and oxygen atoms in total. The van der Waals surface area contributed by atoms with Gasteiger partial charge in [-0.2, -0.15) is 0 Å². The zero-order valence-corrected chi connectivity index (χ0v) is 19.0. The highest BCUT2D eigenvalue weighted by atomic mass is 35.5. The minimum absolute atomic E-state index is 0.0583. The number of hydrogen-bond donors (Lipinski definition) is 2. The summed E-state index contributed by atoms with van der Waals surface area (Å²) in [6.45, 7) is 6.13. The minimum atomic E-state index is -1.60. The molecule has 0 aliphatic carbocycles. The number of benzene rings is 2. The molecule has 2 aromatic carbocycles. The van der Waals surface area contributed by atoms with Crippen molar-refractivity contribution in [1.82, 2.24) is 0 Å². The average Bonchev–Trinajstić information content (AvgIpc) is 2.70. The third-order valence-corrected chi connectivity index (χ3v) is 5.57. The molecule has 9 heteroatoms. The van der Waals surface area contributed by atoms with Gasteiger partial charge in [-0.1, -0.05) is 32.4 Å². The molecule has 0 saturated carbocycles. The van der Waals surface area contributed by atoms with Gasteiger partial charge in [0.1, 0.15) is 0 Å². The molecule has 0 fully saturated rings. The molecule has 0 aromatic heterocycles. The molecule has 0 bridgehead atoms. The van der Waals surface area contributed by atoms with E-state index in [-0.39, 0.29) is 23.8 Å². The number of anilines is 1. The van der Waals surface area contributed by atoms with Crippen molar-refractivity contribution >= 4 is 40.9 Å². The summed E-state index contributed by atoms with van der Waals surface area (Å²) in [5.74, 6) is -4.58. The normalized spacial score (nSPS) is 12.9. The van der Waals surface area contributed by atoms with Crippen LogP contribution < -0.4 is 5.32 Å². The van der Waals surface area contributed by atoms with Crippen molar-refractivity contribution in [3.8, 4) is 0 Å². The second kappa shape index (κ2) is 11.5. The maximum Gasteiger partial charge on any atom is 0.255 e. The molecule has 1 atom stereocenters. The van der Waals surface area contributed by atoms with Gasteiger partial charge in [-0.25, -0.2) is 17.6 Å². The Balaban J connectivity index is 2.21. The van der Waals surface area contributed by atoms with E-state index in [1.807, 2.05) is 6.92 Å². The summed E-state index contributed by atoms with van der Waals surface area (Å²) in [4.78, 5) is 13.0. The zero-order valence-electron chi connectivity index (χ0n) is 17.4. The van der Waals surface area contributed by atoms with E-state index in [2.05, 4.69) is 23.6 Å². The number of amides is 1. The van der Waals surface area contributed by atoms with Crippen molar-refractivity contribution in [1.29, 1.82) is 0 Å². The minimum Gasteiger partial charge on any atom is -0.396 e. The molecule has 2 N–H and O–H groups in total. The fourth-order valence-corrected chi connectivity index (χ4v) is 3.69. The van der Waals surface area contributed by atoms with Crippen molar-refractivity contribution in [2.24, 2.45) is 16.2 Å². The smallest absolute Gasteiger partial charge is 0.255 e. The molecule has 31 heavy (non-hydrogen) atoms. The lowest BCUT2D eigenvalue weighted by Crippen LogP contribution is -2.13. The standard InChI is InChI=1S/C22H24ClF3N2O2S/c1-12(2)6-16(7-13(3)11-29)28-31-20-8-14(4-5-17(20)23)22(30)27-15-9-18(24)21(26)19(25)10-15/h4-5,8-10,12-13,29H,6-7,11H2,1-3H3,(H,27,30)/b28-16+. The lowest BCUT2D eigenvalue weighted by atomic mass is 9.98. The predicted octanol–water partition coefficient (Wildman–Crippen LogP) is 6.52. The summed E-state index contributed by atoms with van der Waals surface area (Å²) in [5, 5.41) is 12.0. The van der Waals surface area contributed by atoms with Crippen LogP contribution in [0.4, 0.5) is 18.9 Å². The van der Waals surface area contributed by atoms with Crippen LogP contribution in [0, 0.1) is 29.3 Å². The van der Waals surface area contributed by atoms with Gasteiger partial charge in [0.15, 0.2) is 17.5 Å². The molecule has 0 radical (unpaired) electrons. The number of carbonyl (C=O) groups excluding carboxylic acids is 1. The second-order valence-corrected chi connectivity index (χ2v) is 8.90. The first-order valence-corrected chi connectivity index (χ1v) is 10.8. The molecule has 0 spiro atoms. The van der Waals surface area contributed by atoms with Gasteiger partial charge in [-0.15, -0.1) is 0 Å². The largest absolute Gasteiger partial charge is 0.396 e. The second-order valence-electron chi connectivity index (χ2n) is 7.69. The number of nitrogens with zero attached hydrogens (tertiary/aromatic N) is 1. The van der Waals surface area contributed by atoms with Crippen LogP contribution in [0.2, 0.25) is 5.02 Å². The number of aliphatic hydroxyl groups is 1. The van der Waals surface area contributed by atoms with Gasteiger partial charge in [0.25, 0.3) is 5.91 Å². The molecule has 1 unspecified atom stereocenters. The summed E-state index contributed by atoms with van der Waals surface area (Å²) in [5.41, 5.74) is 0.909. The number of aliphatic hydroxyl groups excluding tert-OH is 1. The fourth-order valence-electron chi connectivity index (χ4n) is 2.76. The molecule has 0 heterocycles. The Morgan fingerprint density at radius 3 is 2.35 bits per heavy atom. The highest BCUT2D eigenvalue weighted by Crippen LogP contribution is 2.30. The van der Waals surface area contributed by atoms with Crippen molar-refractivity contribution in [3.63, 3.8) is 0 Å². The van der Waals surface area contributed by atoms with Crippen molar-refractivity contribution in [3.05, 3.63) is 58.4 Å². The third kappa shape index (κ3) is 7.55. The highest BCUT2D eigenvalue weighted by molar-refractivity contribution is 7.98. The van der Waals surface area contributed by atoms with E-state index in [1.54, 1.807) is 0 Å². The SMILES string of the molecule is CC(C)C/C(CC(C)CO)=N\Sc1cc(C(=O)Nc2cc(F)c(F)c(F)c2)ccc1Cl. The van der Waals surface area contributed by atoms with E-state index in [1.165, 1.54) is 18.2 Å². The highest BCUT2D eigenvalue weighted by Gasteiger charge is 2.15. The van der Waals surface area contributed by atoms with Crippen molar-refractivity contribution in [2.45, 2.75) is 38.5 Å². The summed E-state index contributed by atoms with van der Waals surface area (Å²) in [7, 11) is 0. The third-order valence-electron chi connectivity index (χ3n) is 4.25. The molecule has 2 aromatic rings. The molecule has 0 saturated heterocycles. The Kier molecular flexibility index (Phi) is 9.40. The zero-order chi connectivity index (χ0) is 23.1. The van der Waals surface area contributed by atoms with Gasteiger partial charge in [-0.05, 0) is 42.9 Å². The summed E-state index contributed by atoms with van der Waals surface area (Å²) in [6, 6.07) is 5.91. The van der Waals surface area contributed by atoms with Crippen LogP contribution in [0.3, 0.4) is 0 Å². The number of rotatable bonds is 9. The van der Waals surface area contributed by atoms with E-state index in [9.17, 15) is 23.1 Å². The summed E-state index contributed by atoms with van der Waals surface area (Å²) >= 11 is 7.36. The van der Waals surface area contributed by atoms with Crippen LogP contribution in [0.15, 0.2) is 39.6 Å². The Morgan fingerprint density at radius 2 is 1.77 bits per heavy atom. The predicted molar refractivity (Wildman–Crippen MR) is 119 cm³/mol. The first-order valence-electron chi connectivity index (χ1n) is 9.69. The van der Waals surface area contributed by atoms with Gasteiger partial charge in [0, 0.05) is 52.5 Å². The molecule has 0 aliphatic rings. The average molecular weight is 473 g/mol. The van der Waals surface area contributed by atoms with Gasteiger partial charge in [0.05, 0.1) is 5.02 Å². The topological polar surface area (TPSA) is 61.7 Å². The van der Waals surface area contributed by atoms with Gasteiger partial charge >= 0.3 is 0 Å². The van der Waals surface area contributed by atoms with E-state index >= 15 is 0 Å². The molecular weight excluding hydrogens is 449 g/mol. The first kappa shape index (κ1) is 25.2. The van der Waals surface area contributed by atoms with Gasteiger partial charge in [-0.3, -0.25) is 4.79 Å². The van der Waals surface area contributed by atoms with E-state index < -0.39 is 23.4 Å². The number of carbonyl (C=O) groups is 1. The Bertz CT molecular complexity index is 947. The Morgan fingerprint density at radius 1 is 1.13 bits per heavy atom. The maximum absolute atomic E-state index is 13.4. The lowest BCUT2D eigenvalue weighted by molar-refractivity contribution is 0.102. The quantitative estimate of drug-likeness (QED) is 0.248. The molecule has 2 rings (SSSR count). The Hall–Kier alpha value is -2.03. The van der Waals surface area contributed by atoms with Crippen LogP contribution in [-0.4, -0.2) is 23.3 Å². The molecular formula is C22H24ClF3N2O2S. The lowest BCUT2D eigenvalue weighted by Gasteiger charge is -2.13. The van der Waals surface area contributed by atoms with Crippen LogP contribution in [0.1, 0.15) is 44.0 Å². The monoisotopic (exact) mass is 472 g/mol. The summed E-state index contributed by atoms with van der Waals surface area (Å²) < 4.78 is 44.4. The van der Waals surface area contributed by atoms with Crippen molar-refractivity contribution < 1.29 is 23.1 Å². The number of hydrogen-bond acceptors (Lipinski definition) is 4. The van der Waals surface area contributed by atoms with Crippen LogP contribution >= 0.6 is 23.5 Å². The van der Waals surface area contributed by atoms with Crippen LogP contribution in [0.5, 0.6) is 0 Å². The number of halogens is 4. The molecule has 0 aliphatic heterocycles. The van der Waals surface area contributed by atoms with E-state index in [4.69, 9.17) is 11.6 Å². The van der Waals surface area contributed by atoms with Crippen molar-refractivity contribution in [2.75, 3.05) is 11.9 Å². The molecule has 1 amide bonds. The maximum atomic E-state index is 13.4. The van der Waals surface area contributed by atoms with Gasteiger partial charge < -0.3 is 10.4 Å². The Labute approximate surface area is 189 Å². The fraction of sp³-hybridized carbons (Fsp3) is 0.364. The van der Waals surface area contributed by atoms with E-state index in [0.717, 1.165) is 24.1 Å². The summed E-state index contributed by atoms with van der Waals surface area (Å²) in [6.07, 6.45) is 1.40. The molecule has 168 valence electrons. The van der Waals surface area contributed by atoms with E-state index in [0.29, 0.717) is 34.4 Å². The van der Waals surface area contributed by atoms with Crippen LogP contribution in [-0.2, 0) is 0 Å². The number of nitrogens with one attached hydrogen (secondary N) is 1.